The fraction of sp³-hybridized carbons (Fsp3) is 0.273. The molecule has 1 aromatic heterocycles. The predicted molar refractivity (Wildman–Crippen MR) is 56.4 cm³/mol. The molecule has 9 heteroatoms. The number of rotatable bonds is 1. The molecule has 2 rings (SSSR count). The summed E-state index contributed by atoms with van der Waals surface area (Å²) >= 11 is 0. The van der Waals surface area contributed by atoms with Gasteiger partial charge in [0.25, 0.3) is 0 Å². The third-order valence-corrected chi connectivity index (χ3v) is 2.45. The van der Waals surface area contributed by atoms with Crippen molar-refractivity contribution in [3.05, 3.63) is 35.7 Å². The van der Waals surface area contributed by atoms with Crippen LogP contribution in [-0.4, -0.2) is 14.8 Å². The highest BCUT2D eigenvalue weighted by Crippen LogP contribution is 2.37. The zero-order valence-corrected chi connectivity index (χ0v) is 9.92. The third-order valence-electron chi connectivity index (χ3n) is 2.45. The van der Waals surface area contributed by atoms with E-state index in [0.29, 0.717) is 12.1 Å². The van der Waals surface area contributed by atoms with Gasteiger partial charge in [0.15, 0.2) is 5.82 Å². The molecular formula is C11H7F6N3. The van der Waals surface area contributed by atoms with Crippen LogP contribution in [0.1, 0.15) is 11.1 Å². The van der Waals surface area contributed by atoms with Crippen molar-refractivity contribution in [3.8, 4) is 11.4 Å². The van der Waals surface area contributed by atoms with Gasteiger partial charge in [-0.05, 0) is 18.2 Å². The predicted octanol–water partition coefficient (Wildman–Crippen LogP) is 3.52. The van der Waals surface area contributed by atoms with Gasteiger partial charge in [-0.1, -0.05) is 0 Å². The molecule has 0 radical (unpaired) electrons. The van der Waals surface area contributed by atoms with Crippen LogP contribution < -0.4 is 0 Å². The van der Waals surface area contributed by atoms with E-state index in [4.69, 9.17) is 0 Å². The Morgan fingerprint density at radius 2 is 1.40 bits per heavy atom. The van der Waals surface area contributed by atoms with Gasteiger partial charge in [0.2, 0.25) is 0 Å². The van der Waals surface area contributed by atoms with E-state index in [1.165, 1.54) is 18.1 Å². The molecule has 0 saturated heterocycles. The molecule has 0 fully saturated rings. The van der Waals surface area contributed by atoms with Gasteiger partial charge >= 0.3 is 12.4 Å². The lowest BCUT2D eigenvalue weighted by Crippen LogP contribution is -2.11. The Bertz CT molecular complexity index is 594. The first kappa shape index (κ1) is 14.4. The van der Waals surface area contributed by atoms with Crippen LogP contribution in [0, 0.1) is 0 Å². The van der Waals surface area contributed by atoms with Crippen LogP contribution in [0.25, 0.3) is 11.4 Å². The van der Waals surface area contributed by atoms with Crippen molar-refractivity contribution in [1.29, 1.82) is 0 Å². The van der Waals surface area contributed by atoms with E-state index < -0.39 is 23.5 Å². The fourth-order valence-corrected chi connectivity index (χ4v) is 1.56. The minimum atomic E-state index is -4.88. The monoisotopic (exact) mass is 295 g/mol. The number of aromatic nitrogens is 3. The molecule has 1 aromatic carbocycles. The fourth-order valence-electron chi connectivity index (χ4n) is 1.56. The van der Waals surface area contributed by atoms with Gasteiger partial charge in [-0.3, -0.25) is 4.68 Å². The first-order chi connectivity index (χ1) is 9.07. The van der Waals surface area contributed by atoms with Crippen molar-refractivity contribution >= 4 is 0 Å². The Morgan fingerprint density at radius 3 is 1.75 bits per heavy atom. The molecule has 0 aliphatic heterocycles. The topological polar surface area (TPSA) is 30.7 Å². The van der Waals surface area contributed by atoms with Crippen LogP contribution >= 0.6 is 0 Å². The molecule has 3 nitrogen and oxygen atoms in total. The molecule has 0 unspecified atom stereocenters. The maximum atomic E-state index is 12.6. The zero-order chi connectivity index (χ0) is 15.1. The van der Waals surface area contributed by atoms with Gasteiger partial charge in [0.1, 0.15) is 6.33 Å². The summed E-state index contributed by atoms with van der Waals surface area (Å²) in [6.07, 6.45) is -8.58. The molecule has 0 amide bonds. The average Bonchev–Trinajstić information content (AvgIpc) is 2.73. The Kier molecular flexibility index (Phi) is 3.23. The number of alkyl halides is 6. The van der Waals surface area contributed by atoms with Gasteiger partial charge in [0.05, 0.1) is 11.1 Å². The van der Waals surface area contributed by atoms with E-state index in [1.807, 2.05) is 0 Å². The van der Waals surface area contributed by atoms with Crippen LogP contribution in [0.15, 0.2) is 24.5 Å². The van der Waals surface area contributed by atoms with E-state index in [-0.39, 0.29) is 17.5 Å². The molecule has 1 heterocycles. The lowest BCUT2D eigenvalue weighted by molar-refractivity contribution is -0.143. The smallest absolute Gasteiger partial charge is 0.255 e. The molecule has 0 saturated carbocycles. The van der Waals surface area contributed by atoms with E-state index >= 15 is 0 Å². The van der Waals surface area contributed by atoms with Crippen molar-refractivity contribution in [2.24, 2.45) is 7.05 Å². The van der Waals surface area contributed by atoms with Crippen LogP contribution in [0.3, 0.4) is 0 Å². The third kappa shape index (κ3) is 2.91. The number of nitrogens with zero attached hydrogens (tertiary/aromatic N) is 3. The van der Waals surface area contributed by atoms with Gasteiger partial charge < -0.3 is 0 Å². The normalized spacial score (nSPS) is 12.8. The van der Waals surface area contributed by atoms with Crippen molar-refractivity contribution in [2.75, 3.05) is 0 Å². The summed E-state index contributed by atoms with van der Waals surface area (Å²) in [6, 6.07) is 1.24. The van der Waals surface area contributed by atoms with Crippen LogP contribution in [0.2, 0.25) is 0 Å². The number of hydrogen-bond donors (Lipinski definition) is 0. The number of halogens is 6. The summed E-state index contributed by atoms with van der Waals surface area (Å²) in [5.74, 6) is -0.205. The standard InChI is InChI=1S/C11H7F6N3/c1-20-5-18-9(19-20)6-2-7(10(12,13)14)4-8(3-6)11(15,16)17/h2-5H,1H3. The van der Waals surface area contributed by atoms with Gasteiger partial charge in [-0.2, -0.15) is 31.4 Å². The van der Waals surface area contributed by atoms with E-state index in [0.717, 1.165) is 0 Å². The van der Waals surface area contributed by atoms with E-state index in [2.05, 4.69) is 10.1 Å². The first-order valence-electron chi connectivity index (χ1n) is 5.23. The number of benzene rings is 1. The maximum Gasteiger partial charge on any atom is 0.416 e. The summed E-state index contributed by atoms with van der Waals surface area (Å²) in [7, 11) is 1.45. The van der Waals surface area contributed by atoms with Crippen molar-refractivity contribution in [2.45, 2.75) is 12.4 Å². The quantitative estimate of drug-likeness (QED) is 0.754. The highest BCUT2D eigenvalue weighted by atomic mass is 19.4. The Hall–Kier alpha value is -2.06. The molecular weight excluding hydrogens is 288 g/mol. The van der Waals surface area contributed by atoms with Gasteiger partial charge in [-0.15, -0.1) is 0 Å². The van der Waals surface area contributed by atoms with Gasteiger partial charge in [-0.25, -0.2) is 4.98 Å². The highest BCUT2D eigenvalue weighted by molar-refractivity contribution is 5.58. The van der Waals surface area contributed by atoms with E-state index in [9.17, 15) is 26.3 Å². The number of hydrogen-bond acceptors (Lipinski definition) is 2. The van der Waals surface area contributed by atoms with Crippen LogP contribution in [0.5, 0.6) is 0 Å². The second kappa shape index (κ2) is 4.50. The molecule has 0 spiro atoms. The Labute approximate surface area is 108 Å². The Balaban J connectivity index is 2.63. The van der Waals surface area contributed by atoms with Crippen molar-refractivity contribution < 1.29 is 26.3 Å². The average molecular weight is 295 g/mol. The lowest BCUT2D eigenvalue weighted by atomic mass is 10.0. The van der Waals surface area contributed by atoms with E-state index in [1.54, 1.807) is 0 Å². The molecule has 108 valence electrons. The summed E-state index contributed by atoms with van der Waals surface area (Å²) < 4.78 is 77.0. The Morgan fingerprint density at radius 1 is 0.900 bits per heavy atom. The SMILES string of the molecule is Cn1cnc(-c2cc(C(F)(F)F)cc(C(F)(F)F)c2)n1. The maximum absolute atomic E-state index is 12.6. The summed E-state index contributed by atoms with van der Waals surface area (Å²) in [5, 5.41) is 3.70. The molecule has 2 aromatic rings. The minimum absolute atomic E-state index is 0.0619. The summed E-state index contributed by atoms with van der Waals surface area (Å²) in [6.45, 7) is 0. The highest BCUT2D eigenvalue weighted by Gasteiger charge is 2.37. The summed E-state index contributed by atoms with van der Waals surface area (Å²) in [5.41, 5.74) is -3.13. The molecule has 0 atom stereocenters. The largest absolute Gasteiger partial charge is 0.416 e. The van der Waals surface area contributed by atoms with Crippen LogP contribution in [0.4, 0.5) is 26.3 Å². The first-order valence-corrected chi connectivity index (χ1v) is 5.23. The second-order valence-electron chi connectivity index (χ2n) is 4.04. The van der Waals surface area contributed by atoms with Crippen LogP contribution in [-0.2, 0) is 19.4 Å². The van der Waals surface area contributed by atoms with Crippen molar-refractivity contribution in [3.63, 3.8) is 0 Å². The lowest BCUT2D eigenvalue weighted by Gasteiger charge is -2.13. The molecule has 0 bridgehead atoms. The molecule has 0 N–H and O–H groups in total. The zero-order valence-electron chi connectivity index (χ0n) is 9.92. The second-order valence-corrected chi connectivity index (χ2v) is 4.04. The minimum Gasteiger partial charge on any atom is -0.255 e. The van der Waals surface area contributed by atoms with Crippen molar-refractivity contribution in [1.82, 2.24) is 14.8 Å². The number of aryl methyl sites for hydroxylation is 1. The summed E-state index contributed by atoms with van der Waals surface area (Å²) in [4.78, 5) is 3.65. The van der Waals surface area contributed by atoms with Gasteiger partial charge in [0, 0.05) is 12.6 Å². The molecule has 0 aliphatic rings. The molecule has 0 aliphatic carbocycles. The molecule has 20 heavy (non-hydrogen) atoms.